The molecule has 1 heterocycles. The van der Waals surface area contributed by atoms with Crippen molar-refractivity contribution in [3.63, 3.8) is 0 Å². The fourth-order valence-electron chi connectivity index (χ4n) is 6.36. The van der Waals surface area contributed by atoms with Crippen LogP contribution in [0.15, 0.2) is 30.3 Å². The van der Waals surface area contributed by atoms with Gasteiger partial charge in [0.1, 0.15) is 6.10 Å². The molecule has 7 unspecified atom stereocenters. The minimum Gasteiger partial charge on any atom is -0.465 e. The molecule has 3 fully saturated rings. The van der Waals surface area contributed by atoms with Crippen LogP contribution in [0.4, 0.5) is 0 Å². The summed E-state index contributed by atoms with van der Waals surface area (Å²) in [6.07, 6.45) is 0.183. The summed E-state index contributed by atoms with van der Waals surface area (Å²) in [5.74, 6) is -2.05. The van der Waals surface area contributed by atoms with Crippen molar-refractivity contribution in [2.45, 2.75) is 52.2 Å². The molecular formula is C24H30O7. The maximum absolute atomic E-state index is 12.9. The van der Waals surface area contributed by atoms with Gasteiger partial charge in [0.25, 0.3) is 0 Å². The Hall–Kier alpha value is -2.41. The van der Waals surface area contributed by atoms with E-state index in [0.29, 0.717) is 24.8 Å². The van der Waals surface area contributed by atoms with E-state index in [0.717, 1.165) is 0 Å². The quantitative estimate of drug-likeness (QED) is 0.579. The second-order valence-electron chi connectivity index (χ2n) is 9.72. The lowest BCUT2D eigenvalue weighted by Crippen LogP contribution is -2.65. The van der Waals surface area contributed by atoms with E-state index < -0.39 is 34.9 Å². The maximum Gasteiger partial charge on any atom is 0.338 e. The molecule has 7 atom stereocenters. The Kier molecular flexibility index (Phi) is 5.58. The van der Waals surface area contributed by atoms with E-state index in [1.54, 1.807) is 24.3 Å². The predicted molar refractivity (Wildman–Crippen MR) is 110 cm³/mol. The first kappa shape index (κ1) is 21.8. The molecule has 1 aromatic rings. The second kappa shape index (κ2) is 7.93. The average molecular weight is 430 g/mol. The van der Waals surface area contributed by atoms with E-state index in [1.807, 2.05) is 19.9 Å². The number of fused-ring (bicyclic) bond motifs is 3. The van der Waals surface area contributed by atoms with E-state index in [4.69, 9.17) is 14.2 Å². The van der Waals surface area contributed by atoms with Crippen molar-refractivity contribution in [2.24, 2.45) is 28.6 Å². The normalized spacial score (nSPS) is 39.1. The molecule has 0 radical (unpaired) electrons. The number of esters is 3. The summed E-state index contributed by atoms with van der Waals surface area (Å²) in [6.45, 7) is 5.77. The summed E-state index contributed by atoms with van der Waals surface area (Å²) in [5, 5.41) is 11.2. The van der Waals surface area contributed by atoms with Crippen molar-refractivity contribution < 1.29 is 33.7 Å². The van der Waals surface area contributed by atoms with E-state index in [1.165, 1.54) is 6.92 Å². The Morgan fingerprint density at radius 3 is 2.61 bits per heavy atom. The lowest BCUT2D eigenvalue weighted by Gasteiger charge is -2.61. The van der Waals surface area contributed by atoms with E-state index in [9.17, 15) is 19.5 Å². The van der Waals surface area contributed by atoms with Crippen LogP contribution in [0.3, 0.4) is 0 Å². The highest BCUT2D eigenvalue weighted by Gasteiger charge is 2.67. The van der Waals surface area contributed by atoms with Gasteiger partial charge in [-0.15, -0.1) is 0 Å². The molecule has 7 heteroatoms. The Morgan fingerprint density at radius 2 is 1.94 bits per heavy atom. The highest BCUT2D eigenvalue weighted by atomic mass is 16.6. The van der Waals surface area contributed by atoms with Gasteiger partial charge < -0.3 is 19.3 Å². The Morgan fingerprint density at radius 1 is 1.23 bits per heavy atom. The number of aliphatic hydroxyl groups is 1. The molecule has 0 aromatic heterocycles. The first-order valence-electron chi connectivity index (χ1n) is 10.9. The molecule has 7 nitrogen and oxygen atoms in total. The van der Waals surface area contributed by atoms with Crippen LogP contribution in [0.25, 0.3) is 0 Å². The van der Waals surface area contributed by atoms with Gasteiger partial charge in [0, 0.05) is 29.6 Å². The zero-order chi connectivity index (χ0) is 22.4. The van der Waals surface area contributed by atoms with Gasteiger partial charge in [0.05, 0.1) is 30.8 Å². The number of hydrogen-bond acceptors (Lipinski definition) is 7. The highest BCUT2D eigenvalue weighted by Crippen LogP contribution is 2.63. The molecule has 1 aromatic carbocycles. The molecule has 2 aliphatic carbocycles. The molecule has 1 N–H and O–H groups in total. The molecule has 0 bridgehead atoms. The minimum absolute atomic E-state index is 0.168. The van der Waals surface area contributed by atoms with Gasteiger partial charge in [-0.2, -0.15) is 0 Å². The summed E-state index contributed by atoms with van der Waals surface area (Å²) in [7, 11) is 0. The van der Waals surface area contributed by atoms with Crippen LogP contribution in [0, 0.1) is 28.6 Å². The summed E-state index contributed by atoms with van der Waals surface area (Å²) in [5.41, 5.74) is -0.805. The van der Waals surface area contributed by atoms with Crippen molar-refractivity contribution >= 4 is 17.9 Å². The van der Waals surface area contributed by atoms with Crippen LogP contribution < -0.4 is 0 Å². The molecular weight excluding hydrogens is 400 g/mol. The lowest BCUT2D eigenvalue weighted by molar-refractivity contribution is -0.216. The molecule has 168 valence electrons. The number of aliphatic hydroxyl groups excluding tert-OH is 1. The van der Waals surface area contributed by atoms with Crippen LogP contribution in [-0.2, 0) is 23.8 Å². The van der Waals surface area contributed by atoms with Crippen LogP contribution in [0.5, 0.6) is 0 Å². The number of benzene rings is 1. The van der Waals surface area contributed by atoms with Crippen LogP contribution in [0.1, 0.15) is 50.4 Å². The van der Waals surface area contributed by atoms with Gasteiger partial charge in [-0.05, 0) is 31.4 Å². The molecule has 0 amide bonds. The topological polar surface area (TPSA) is 99.1 Å². The maximum atomic E-state index is 12.9. The zero-order valence-corrected chi connectivity index (χ0v) is 18.2. The number of hydrogen-bond donors (Lipinski definition) is 1. The summed E-state index contributed by atoms with van der Waals surface area (Å²) in [4.78, 5) is 37.0. The molecule has 0 spiro atoms. The molecule has 4 rings (SSSR count). The summed E-state index contributed by atoms with van der Waals surface area (Å²) < 4.78 is 16.8. The lowest BCUT2D eigenvalue weighted by atomic mass is 9.44. The zero-order valence-electron chi connectivity index (χ0n) is 18.2. The van der Waals surface area contributed by atoms with Gasteiger partial charge in [-0.25, -0.2) is 4.79 Å². The van der Waals surface area contributed by atoms with E-state index in [2.05, 4.69) is 0 Å². The summed E-state index contributed by atoms with van der Waals surface area (Å²) >= 11 is 0. The van der Waals surface area contributed by atoms with Crippen molar-refractivity contribution in [1.82, 2.24) is 0 Å². The fraction of sp³-hybridized carbons (Fsp3) is 0.625. The molecule has 2 saturated carbocycles. The molecule has 1 aliphatic heterocycles. The number of ether oxygens (including phenoxy) is 3. The van der Waals surface area contributed by atoms with E-state index >= 15 is 0 Å². The Balaban J connectivity index is 1.73. The highest BCUT2D eigenvalue weighted by molar-refractivity contribution is 5.89. The fourth-order valence-corrected chi connectivity index (χ4v) is 6.36. The van der Waals surface area contributed by atoms with Gasteiger partial charge in [-0.3, -0.25) is 9.59 Å². The van der Waals surface area contributed by atoms with Gasteiger partial charge >= 0.3 is 17.9 Å². The predicted octanol–water partition coefficient (Wildman–Crippen LogP) is 2.75. The van der Waals surface area contributed by atoms with Crippen molar-refractivity contribution in [3.8, 4) is 0 Å². The SMILES string of the molecule is CC(=O)OCC1(C)CCC(O)C2(C)C3COC(=O)C3CC(OC(=O)c3ccccc3)C12. The number of carbonyl (C=O) groups is 3. The molecule has 1 saturated heterocycles. The number of carbonyl (C=O) groups excluding carboxylic acids is 3. The van der Waals surface area contributed by atoms with Crippen LogP contribution in [-0.4, -0.2) is 48.4 Å². The van der Waals surface area contributed by atoms with Crippen molar-refractivity contribution in [3.05, 3.63) is 35.9 Å². The monoisotopic (exact) mass is 430 g/mol. The van der Waals surface area contributed by atoms with Gasteiger partial charge in [0.15, 0.2) is 0 Å². The molecule has 3 aliphatic rings. The van der Waals surface area contributed by atoms with E-state index in [-0.39, 0.29) is 37.0 Å². The third-order valence-corrected chi connectivity index (χ3v) is 7.85. The van der Waals surface area contributed by atoms with Crippen molar-refractivity contribution in [1.29, 1.82) is 0 Å². The average Bonchev–Trinajstić information content (AvgIpc) is 3.12. The van der Waals surface area contributed by atoms with Crippen LogP contribution in [0.2, 0.25) is 0 Å². The third-order valence-electron chi connectivity index (χ3n) is 7.85. The smallest absolute Gasteiger partial charge is 0.338 e. The first-order valence-corrected chi connectivity index (χ1v) is 10.9. The van der Waals surface area contributed by atoms with Crippen molar-refractivity contribution in [2.75, 3.05) is 13.2 Å². The van der Waals surface area contributed by atoms with Gasteiger partial charge in [-0.1, -0.05) is 32.0 Å². The first-order chi connectivity index (χ1) is 14.7. The second-order valence-corrected chi connectivity index (χ2v) is 9.72. The number of cyclic esters (lactones) is 1. The summed E-state index contributed by atoms with van der Waals surface area (Å²) in [6, 6.07) is 8.72. The van der Waals surface area contributed by atoms with Gasteiger partial charge in [0.2, 0.25) is 0 Å². The molecule has 31 heavy (non-hydrogen) atoms. The third kappa shape index (κ3) is 3.63. The standard InChI is InChI=1S/C24H30O7/c1-14(25)30-13-23(2)10-9-19(26)24(3)17-12-29-22(28)16(17)11-18(20(23)24)31-21(27)15-7-5-4-6-8-15/h4-8,16-20,26H,9-13H2,1-3H3. The Labute approximate surface area is 182 Å². The number of rotatable bonds is 4. The minimum atomic E-state index is -0.718. The Bertz CT molecular complexity index is 868. The largest absolute Gasteiger partial charge is 0.465 e. The van der Waals surface area contributed by atoms with Crippen LogP contribution >= 0.6 is 0 Å².